The molecule has 0 spiro atoms. The van der Waals surface area contributed by atoms with Crippen molar-refractivity contribution in [3.05, 3.63) is 89.8 Å². The molecule has 6 atom stereocenters. The van der Waals surface area contributed by atoms with E-state index in [9.17, 15) is 14.0 Å². The predicted molar refractivity (Wildman–Crippen MR) is 142 cm³/mol. The van der Waals surface area contributed by atoms with Crippen LogP contribution in [0.3, 0.4) is 0 Å². The second-order valence-corrected chi connectivity index (χ2v) is 10.9. The molecule has 2 amide bonds. The minimum Gasteiger partial charge on any atom is -0.381 e. The summed E-state index contributed by atoms with van der Waals surface area (Å²) < 4.78 is 14.5. The molecule has 0 bridgehead atoms. The molecule has 4 aliphatic rings. The van der Waals surface area contributed by atoms with Gasteiger partial charge in [0.2, 0.25) is 5.91 Å². The van der Waals surface area contributed by atoms with Crippen LogP contribution in [0.5, 0.6) is 0 Å². The Kier molecular flexibility index (Phi) is 6.58. The Balaban J connectivity index is 1.28. The Labute approximate surface area is 217 Å². The number of hydrogen-bond acceptors (Lipinski definition) is 3. The van der Waals surface area contributed by atoms with Crippen molar-refractivity contribution in [2.75, 3.05) is 11.9 Å². The predicted octanol–water partition coefficient (Wildman–Crippen LogP) is 5.63. The molecule has 2 aliphatic heterocycles. The number of anilines is 1. The molecule has 2 heterocycles. The van der Waals surface area contributed by atoms with Gasteiger partial charge in [0, 0.05) is 47.3 Å². The molecule has 6 rings (SSSR count). The molecule has 192 valence electrons. The van der Waals surface area contributed by atoms with Crippen molar-refractivity contribution < 1.29 is 14.0 Å². The second-order valence-electron chi connectivity index (χ2n) is 10.9. The summed E-state index contributed by atoms with van der Waals surface area (Å²) in [6, 6.07) is 14.0. The van der Waals surface area contributed by atoms with Crippen LogP contribution in [0, 0.1) is 23.6 Å². The Morgan fingerprint density at radius 3 is 2.65 bits per heavy atom. The van der Waals surface area contributed by atoms with E-state index in [1.54, 1.807) is 18.2 Å². The number of rotatable bonds is 4. The molecule has 2 aromatic carbocycles. The van der Waals surface area contributed by atoms with Gasteiger partial charge >= 0.3 is 0 Å². The number of nitrogens with one attached hydrogen (secondary N) is 2. The quantitative estimate of drug-likeness (QED) is 0.573. The number of benzene rings is 2. The smallest absolute Gasteiger partial charge is 0.251 e. The number of carbonyl (C=O) groups excluding carboxylic acids is 2. The molecule has 37 heavy (non-hydrogen) atoms. The Bertz CT molecular complexity index is 1230. The highest BCUT2D eigenvalue weighted by Crippen LogP contribution is 2.49. The number of nitrogens with zero attached hydrogens (tertiary/aromatic N) is 1. The van der Waals surface area contributed by atoms with E-state index in [-0.39, 0.29) is 47.6 Å². The van der Waals surface area contributed by atoms with Crippen molar-refractivity contribution in [3.63, 3.8) is 0 Å². The second kappa shape index (κ2) is 10.2. The summed E-state index contributed by atoms with van der Waals surface area (Å²) in [6.45, 7) is 0.657. The summed E-state index contributed by atoms with van der Waals surface area (Å²) in [5, 5.41) is 6.89. The molecule has 2 aromatic rings. The van der Waals surface area contributed by atoms with E-state index in [2.05, 4.69) is 34.9 Å². The van der Waals surface area contributed by atoms with E-state index in [1.807, 2.05) is 29.2 Å². The number of allylic oxidation sites excluding steroid dienone is 3. The number of carbonyl (C=O) groups is 2. The SMILES string of the molecule is O=C(N[C@@H]1CCCC[C@@H]1C(=O)N1CC[C@@H]2[C@H](C3C=CC=CC3)Nc3ccc(F)cc3[C@@H]21)c1ccccc1. The average Bonchev–Trinajstić information content (AvgIpc) is 3.39. The van der Waals surface area contributed by atoms with Crippen LogP contribution >= 0.6 is 0 Å². The molecule has 1 unspecified atom stereocenters. The molecule has 2 fully saturated rings. The molecule has 5 nitrogen and oxygen atoms in total. The van der Waals surface area contributed by atoms with Crippen molar-refractivity contribution in [2.45, 2.75) is 56.7 Å². The Morgan fingerprint density at radius 2 is 1.84 bits per heavy atom. The molecule has 1 saturated carbocycles. The normalized spacial score (nSPS) is 30.2. The van der Waals surface area contributed by atoms with Gasteiger partial charge in [0.25, 0.3) is 5.91 Å². The third kappa shape index (κ3) is 4.58. The maximum Gasteiger partial charge on any atom is 0.251 e. The molecule has 6 heteroatoms. The fourth-order valence-corrected chi connectivity index (χ4v) is 6.98. The molecule has 2 N–H and O–H groups in total. The summed E-state index contributed by atoms with van der Waals surface area (Å²) in [5.74, 6) is -0.0264. The van der Waals surface area contributed by atoms with Crippen molar-refractivity contribution >= 4 is 17.5 Å². The zero-order valence-corrected chi connectivity index (χ0v) is 21.0. The number of hydrogen-bond donors (Lipinski definition) is 2. The Morgan fingerprint density at radius 1 is 1.00 bits per heavy atom. The highest BCUT2D eigenvalue weighted by molar-refractivity contribution is 5.95. The van der Waals surface area contributed by atoms with Crippen LogP contribution < -0.4 is 10.6 Å². The first-order valence-electron chi connectivity index (χ1n) is 13.7. The fraction of sp³-hybridized carbons (Fsp3) is 0.419. The van der Waals surface area contributed by atoms with Gasteiger partial charge in [0.05, 0.1) is 12.0 Å². The van der Waals surface area contributed by atoms with Crippen molar-refractivity contribution in [2.24, 2.45) is 17.8 Å². The largest absolute Gasteiger partial charge is 0.381 e. The summed E-state index contributed by atoms with van der Waals surface area (Å²) in [7, 11) is 0. The molecular formula is C31H34FN3O2. The van der Waals surface area contributed by atoms with Gasteiger partial charge in [-0.3, -0.25) is 9.59 Å². The van der Waals surface area contributed by atoms with E-state index in [1.165, 1.54) is 6.07 Å². The van der Waals surface area contributed by atoms with Gasteiger partial charge in [0.1, 0.15) is 5.82 Å². The lowest BCUT2D eigenvalue weighted by atomic mass is 9.75. The third-order valence-electron chi connectivity index (χ3n) is 8.75. The van der Waals surface area contributed by atoms with Crippen molar-refractivity contribution in [3.8, 4) is 0 Å². The topological polar surface area (TPSA) is 61.4 Å². The first-order valence-corrected chi connectivity index (χ1v) is 13.7. The van der Waals surface area contributed by atoms with Crippen LogP contribution in [0.25, 0.3) is 0 Å². The van der Waals surface area contributed by atoms with Gasteiger partial charge in [-0.25, -0.2) is 4.39 Å². The summed E-state index contributed by atoms with van der Waals surface area (Å²) >= 11 is 0. The van der Waals surface area contributed by atoms with Gasteiger partial charge in [0.15, 0.2) is 0 Å². The standard InChI is InChI=1S/C31H34FN3O2/c32-22-15-16-27-25(19-22)29-24(28(33-27)20-9-3-1-4-10-20)17-18-35(29)31(37)23-13-7-8-14-26(23)34-30(36)21-11-5-2-6-12-21/h1-6,9,11-12,15-16,19-20,23-24,26,28-29,33H,7-8,10,13-14,17-18H2,(H,34,36)/t20?,23-,24+,26+,28-,29+/m0/s1. The van der Waals surface area contributed by atoms with E-state index in [0.717, 1.165) is 49.8 Å². The van der Waals surface area contributed by atoms with Crippen LogP contribution in [0.1, 0.15) is 60.5 Å². The number of halogens is 1. The monoisotopic (exact) mass is 499 g/mol. The maximum absolute atomic E-state index is 14.5. The molecule has 1 saturated heterocycles. The van der Waals surface area contributed by atoms with Gasteiger partial charge in [-0.15, -0.1) is 0 Å². The number of fused-ring (bicyclic) bond motifs is 3. The van der Waals surface area contributed by atoms with E-state index < -0.39 is 0 Å². The van der Waals surface area contributed by atoms with Crippen LogP contribution in [-0.4, -0.2) is 35.3 Å². The zero-order chi connectivity index (χ0) is 25.4. The molecule has 0 aromatic heterocycles. The minimum atomic E-state index is -0.275. The van der Waals surface area contributed by atoms with Gasteiger partial charge < -0.3 is 15.5 Å². The number of likely N-dealkylation sites (tertiary alicyclic amines) is 1. The average molecular weight is 500 g/mol. The van der Waals surface area contributed by atoms with Crippen LogP contribution in [-0.2, 0) is 4.79 Å². The Hall–Kier alpha value is -3.41. The van der Waals surface area contributed by atoms with E-state index in [0.29, 0.717) is 18.0 Å². The van der Waals surface area contributed by atoms with Crippen LogP contribution in [0.4, 0.5) is 10.1 Å². The van der Waals surface area contributed by atoms with E-state index >= 15 is 0 Å². The highest BCUT2D eigenvalue weighted by Gasteiger charge is 2.49. The first-order chi connectivity index (χ1) is 18.1. The molecule has 2 aliphatic carbocycles. The van der Waals surface area contributed by atoms with Gasteiger partial charge in [-0.2, -0.15) is 0 Å². The summed E-state index contributed by atoms with van der Waals surface area (Å²) in [6.07, 6.45) is 14.0. The van der Waals surface area contributed by atoms with E-state index in [4.69, 9.17) is 0 Å². The number of amides is 2. The summed E-state index contributed by atoms with van der Waals surface area (Å²) in [5.41, 5.74) is 2.41. The lowest BCUT2D eigenvalue weighted by Gasteiger charge is -2.44. The molecule has 0 radical (unpaired) electrons. The molecular weight excluding hydrogens is 465 g/mol. The minimum absolute atomic E-state index is 0.0977. The zero-order valence-electron chi connectivity index (χ0n) is 21.0. The summed E-state index contributed by atoms with van der Waals surface area (Å²) in [4.78, 5) is 29.2. The van der Waals surface area contributed by atoms with Crippen molar-refractivity contribution in [1.82, 2.24) is 10.2 Å². The van der Waals surface area contributed by atoms with Crippen LogP contribution in [0.2, 0.25) is 0 Å². The maximum atomic E-state index is 14.5. The third-order valence-corrected chi connectivity index (χ3v) is 8.75. The van der Waals surface area contributed by atoms with Crippen molar-refractivity contribution in [1.29, 1.82) is 0 Å². The lowest BCUT2D eigenvalue weighted by Crippen LogP contribution is -2.51. The highest BCUT2D eigenvalue weighted by atomic mass is 19.1. The van der Waals surface area contributed by atoms with Gasteiger partial charge in [-0.1, -0.05) is 55.3 Å². The van der Waals surface area contributed by atoms with Crippen LogP contribution in [0.15, 0.2) is 72.8 Å². The lowest BCUT2D eigenvalue weighted by molar-refractivity contribution is -0.139. The fourth-order valence-electron chi connectivity index (χ4n) is 6.98. The first kappa shape index (κ1) is 24.0. The van der Waals surface area contributed by atoms with Gasteiger partial charge in [-0.05, 0) is 56.0 Å².